The van der Waals surface area contributed by atoms with Crippen molar-refractivity contribution in [1.29, 1.82) is 0 Å². The smallest absolute Gasteiger partial charge is 0.440 e. The zero-order valence-electron chi connectivity index (χ0n) is 30.0. The maximum Gasteiger partial charge on any atom is 0.452 e. The van der Waals surface area contributed by atoms with Crippen LogP contribution in [0, 0.1) is 0 Å². The van der Waals surface area contributed by atoms with E-state index < -0.39 is 79.1 Å². The van der Waals surface area contributed by atoms with Crippen molar-refractivity contribution >= 4 is 12.2 Å². The number of hydrogen-bond donors (Lipinski definition) is 4. The first kappa shape index (κ1) is 51.0. The van der Waals surface area contributed by atoms with Crippen LogP contribution in [0.2, 0.25) is 0 Å². The number of aliphatic hydroxyl groups is 2. The number of hydrogen-bond acceptors (Lipinski definition) is 11. The van der Waals surface area contributed by atoms with Crippen molar-refractivity contribution < 1.29 is 91.4 Å². The van der Waals surface area contributed by atoms with Crippen LogP contribution in [0.4, 0.5) is 62.3 Å². The van der Waals surface area contributed by atoms with E-state index in [0.717, 1.165) is 13.7 Å². The highest BCUT2D eigenvalue weighted by atomic mass is 19.3. The van der Waals surface area contributed by atoms with Gasteiger partial charge in [0, 0.05) is 32.7 Å². The van der Waals surface area contributed by atoms with Crippen LogP contribution in [-0.2, 0) is 38.6 Å². The lowest BCUT2D eigenvalue weighted by Gasteiger charge is -2.25. The molecule has 0 saturated carbocycles. The third-order valence-corrected chi connectivity index (χ3v) is 7.27. The molecular weight excluding hydrogens is 822 g/mol. The molecule has 4 N–H and O–H groups in total. The number of ether oxygens (including phenoxy) is 4. The predicted octanol–water partition coefficient (Wildman–Crippen LogP) is 4.12. The number of nitrogens with one attached hydrogen (secondary N) is 2. The summed E-state index contributed by atoms with van der Waals surface area (Å²) in [6.07, 6.45) is -34.0. The number of halogens is 12. The Morgan fingerprint density at radius 3 is 1.12 bits per heavy atom. The number of rotatable bonds is 27. The fourth-order valence-electron chi connectivity index (χ4n) is 4.41. The van der Waals surface area contributed by atoms with Gasteiger partial charge in [-0.2, -0.15) is 52.7 Å². The van der Waals surface area contributed by atoms with Crippen molar-refractivity contribution in [3.8, 4) is 0 Å². The number of aromatic nitrogens is 3. The van der Waals surface area contributed by atoms with Gasteiger partial charge in [0.25, 0.3) is 0 Å². The molecular formula is C29H41F12N5O11. The number of carbonyl (C=O) groups excluding carboxylic acids is 2. The molecule has 0 fully saturated rings. The first-order valence-electron chi connectivity index (χ1n) is 16.9. The number of carbonyl (C=O) groups is 2. The molecule has 0 bridgehead atoms. The number of alkyl halides is 12. The van der Waals surface area contributed by atoms with E-state index >= 15 is 0 Å². The van der Waals surface area contributed by atoms with E-state index in [-0.39, 0.29) is 58.4 Å². The summed E-state index contributed by atoms with van der Waals surface area (Å²) < 4.78 is 169. The fraction of sp³-hybridized carbons (Fsp3) is 0.828. The molecule has 0 saturated heterocycles. The normalized spacial score (nSPS) is 13.1. The second-order valence-electron chi connectivity index (χ2n) is 12.1. The Balaban J connectivity index is 2.58. The Morgan fingerprint density at radius 1 is 0.526 bits per heavy atom. The van der Waals surface area contributed by atoms with E-state index in [4.69, 9.17) is 10.2 Å². The number of unbranched alkanes of at least 4 members (excludes halogenated alkanes) is 7. The molecule has 16 nitrogen and oxygen atoms in total. The van der Waals surface area contributed by atoms with Crippen LogP contribution in [-0.4, -0.2) is 99.1 Å². The zero-order valence-corrected chi connectivity index (χ0v) is 30.0. The molecule has 1 aromatic rings. The summed E-state index contributed by atoms with van der Waals surface area (Å²) in [6.45, 7) is -3.25. The van der Waals surface area contributed by atoms with Gasteiger partial charge in [-0.05, 0) is 32.1 Å². The summed E-state index contributed by atoms with van der Waals surface area (Å²) in [7, 11) is 0. The topological polar surface area (TPSA) is 202 Å². The lowest BCUT2D eigenvalue weighted by molar-refractivity contribution is -0.475. The molecule has 0 aliphatic carbocycles. The zero-order chi connectivity index (χ0) is 43.9. The average Bonchev–Trinajstić information content (AvgIpc) is 3.06. The Bertz CT molecular complexity index is 1500. The van der Waals surface area contributed by atoms with Gasteiger partial charge in [0.2, 0.25) is 0 Å². The van der Waals surface area contributed by atoms with Gasteiger partial charge in [0.1, 0.15) is 0 Å². The molecule has 1 rings (SSSR count). The van der Waals surface area contributed by atoms with Gasteiger partial charge in [-0.15, -0.1) is 0 Å². The fourth-order valence-corrected chi connectivity index (χ4v) is 4.41. The Labute approximate surface area is 313 Å². The van der Waals surface area contributed by atoms with Crippen molar-refractivity contribution in [3.63, 3.8) is 0 Å². The van der Waals surface area contributed by atoms with Crippen molar-refractivity contribution in [3.05, 3.63) is 31.5 Å². The third-order valence-electron chi connectivity index (χ3n) is 7.27. The van der Waals surface area contributed by atoms with Gasteiger partial charge in [-0.1, -0.05) is 39.0 Å². The van der Waals surface area contributed by atoms with Crippen LogP contribution in [0.5, 0.6) is 0 Å². The molecule has 0 radical (unpaired) electrons. The van der Waals surface area contributed by atoms with Gasteiger partial charge >= 0.3 is 65.9 Å². The molecule has 2 amide bonds. The highest BCUT2D eigenvalue weighted by molar-refractivity contribution is 5.67. The summed E-state index contributed by atoms with van der Waals surface area (Å²) in [5.41, 5.74) is -2.63. The third kappa shape index (κ3) is 17.5. The largest absolute Gasteiger partial charge is 0.452 e. The summed E-state index contributed by atoms with van der Waals surface area (Å²) in [5.74, 6) is 0. The highest BCUT2D eigenvalue weighted by Gasteiger charge is 2.63. The summed E-state index contributed by atoms with van der Waals surface area (Å²) in [6, 6.07) is 0. The van der Waals surface area contributed by atoms with E-state index in [2.05, 4.69) is 18.9 Å². The number of alkyl carbamates (subject to hydrolysis) is 2. The second-order valence-corrected chi connectivity index (χ2v) is 12.1. The van der Waals surface area contributed by atoms with Gasteiger partial charge in [0.15, 0.2) is 13.2 Å². The molecule has 1 aromatic heterocycles. The molecule has 0 spiro atoms. The predicted molar refractivity (Wildman–Crippen MR) is 166 cm³/mol. The molecule has 332 valence electrons. The van der Waals surface area contributed by atoms with Crippen LogP contribution in [0.25, 0.3) is 0 Å². The Kier molecular flexibility index (Phi) is 19.3. The lowest BCUT2D eigenvalue weighted by Crippen LogP contribution is -2.54. The van der Waals surface area contributed by atoms with E-state index in [0.29, 0.717) is 38.5 Å². The maximum atomic E-state index is 13.3. The number of amides is 2. The highest BCUT2D eigenvalue weighted by Crippen LogP contribution is 2.38. The van der Waals surface area contributed by atoms with Crippen LogP contribution in [0.15, 0.2) is 14.4 Å². The average molecular weight is 864 g/mol. The molecule has 0 aliphatic rings. The van der Waals surface area contributed by atoms with Gasteiger partial charge in [-0.3, -0.25) is 0 Å². The van der Waals surface area contributed by atoms with Crippen LogP contribution >= 0.6 is 0 Å². The monoisotopic (exact) mass is 863 g/mol. The molecule has 0 aliphatic heterocycles. The summed E-state index contributed by atoms with van der Waals surface area (Å²) in [5, 5.41) is 19.8. The summed E-state index contributed by atoms with van der Waals surface area (Å²) >= 11 is 0. The first-order valence-corrected chi connectivity index (χ1v) is 16.9. The quantitative estimate of drug-likeness (QED) is 0.0733. The van der Waals surface area contributed by atoms with Gasteiger partial charge in [0.05, 0.1) is 0 Å². The molecule has 0 unspecified atom stereocenters. The molecule has 57 heavy (non-hydrogen) atoms. The molecule has 0 aromatic carbocycles. The first-order chi connectivity index (χ1) is 26.1. The molecule has 0 atom stereocenters. The van der Waals surface area contributed by atoms with Crippen molar-refractivity contribution in [1.82, 2.24) is 24.3 Å². The van der Waals surface area contributed by atoms with Gasteiger partial charge in [-0.25, -0.2) is 47.1 Å². The van der Waals surface area contributed by atoms with E-state index in [1.807, 2.05) is 10.6 Å². The minimum atomic E-state index is -5.99. The second kappa shape index (κ2) is 21.6. The summed E-state index contributed by atoms with van der Waals surface area (Å²) in [4.78, 5) is 62.2. The van der Waals surface area contributed by atoms with Gasteiger partial charge < -0.3 is 30.3 Å². The van der Waals surface area contributed by atoms with E-state index in [1.54, 1.807) is 6.92 Å². The lowest BCUT2D eigenvalue weighted by atomic mass is 10.2. The standard InChI is InChI=1S/C29H41F12N5O11/c1-2-3-14-44-21(49)45(15-10-6-4-8-12-42-19(47)54-17-24(30,31)56-28(38,39)26(34,35)52)23(51)46(22(44)50)16-11-7-5-9-13-43-20(48)55-18-25(32,33)57-29(40,41)27(36,37)53/h52-53H,2-18H2,1H3,(H,42,47)(H,43,48). The minimum Gasteiger partial charge on any atom is -0.440 e. The molecule has 28 heteroatoms. The Morgan fingerprint density at radius 2 is 0.825 bits per heavy atom. The van der Waals surface area contributed by atoms with Crippen molar-refractivity contribution in [2.75, 3.05) is 26.3 Å². The van der Waals surface area contributed by atoms with Crippen LogP contribution in [0.3, 0.4) is 0 Å². The van der Waals surface area contributed by atoms with E-state index in [1.165, 1.54) is 0 Å². The Hall–Kier alpha value is -4.05. The van der Waals surface area contributed by atoms with Crippen LogP contribution < -0.4 is 27.7 Å². The minimum absolute atomic E-state index is 0.000776. The van der Waals surface area contributed by atoms with Crippen molar-refractivity contribution in [2.45, 2.75) is 127 Å². The maximum absolute atomic E-state index is 13.3. The molecule has 1 heterocycles. The van der Waals surface area contributed by atoms with Crippen molar-refractivity contribution in [2.24, 2.45) is 0 Å². The van der Waals surface area contributed by atoms with E-state index in [9.17, 15) is 76.7 Å². The van der Waals surface area contributed by atoms with Crippen LogP contribution in [0.1, 0.15) is 71.1 Å². The SMILES string of the molecule is CCCCn1c(=O)n(CCCCCCNC(=O)OCC(F)(F)OC(F)(F)C(O)(F)F)c(=O)n(CCCCCCNC(=O)OCC(F)(F)OC(F)(F)C(O)(F)F)c1=O. The number of nitrogens with zero attached hydrogens (tertiary/aromatic N) is 3.